The third-order valence-electron chi connectivity index (χ3n) is 3.57. The van der Waals surface area contributed by atoms with E-state index >= 15 is 0 Å². The fourth-order valence-electron chi connectivity index (χ4n) is 1.46. The molecule has 0 bridgehead atoms. The molecule has 15 heavy (non-hydrogen) atoms. The van der Waals surface area contributed by atoms with E-state index in [-0.39, 0.29) is 5.41 Å². The monoisotopic (exact) mass is 205 g/mol. The Hall–Kier alpha value is -0.850. The maximum absolute atomic E-state index is 4.53. The summed E-state index contributed by atoms with van der Waals surface area (Å²) in [5, 5.41) is 0. The molecule has 1 nitrogen and oxygen atoms in total. The molecular weight excluding hydrogens is 182 g/mol. The van der Waals surface area contributed by atoms with Crippen LogP contribution in [0.4, 0.5) is 0 Å². The van der Waals surface area contributed by atoms with Crippen LogP contribution in [0.5, 0.6) is 0 Å². The lowest BCUT2D eigenvalue weighted by atomic mass is 9.76. The van der Waals surface area contributed by atoms with Crippen LogP contribution >= 0.6 is 0 Å². The van der Waals surface area contributed by atoms with Gasteiger partial charge in [-0.2, -0.15) is 0 Å². The van der Waals surface area contributed by atoms with E-state index in [1.807, 2.05) is 6.20 Å². The van der Waals surface area contributed by atoms with Gasteiger partial charge in [-0.3, -0.25) is 4.98 Å². The molecule has 0 unspecified atom stereocenters. The molecule has 84 valence electrons. The van der Waals surface area contributed by atoms with Crippen LogP contribution in [0.1, 0.15) is 58.7 Å². The predicted molar refractivity (Wildman–Crippen MR) is 66.2 cm³/mol. The predicted octanol–water partition coefficient (Wildman–Crippen LogP) is 4.14. The number of aromatic nitrogens is 1. The molecule has 1 heterocycles. The summed E-state index contributed by atoms with van der Waals surface area (Å²) >= 11 is 0. The fourth-order valence-corrected chi connectivity index (χ4v) is 1.46. The fraction of sp³-hybridized carbons (Fsp3) is 0.643. The molecule has 0 atom stereocenters. The first kappa shape index (κ1) is 12.2. The lowest BCUT2D eigenvalue weighted by Gasteiger charge is -2.29. The van der Waals surface area contributed by atoms with Gasteiger partial charge in [0, 0.05) is 11.9 Å². The highest BCUT2D eigenvalue weighted by Crippen LogP contribution is 2.31. The summed E-state index contributed by atoms with van der Waals surface area (Å²) in [5.41, 5.74) is 2.72. The van der Waals surface area contributed by atoms with E-state index in [1.165, 1.54) is 11.3 Å². The minimum Gasteiger partial charge on any atom is -0.261 e. The first-order chi connectivity index (χ1) is 6.85. The van der Waals surface area contributed by atoms with Crippen molar-refractivity contribution in [3.05, 3.63) is 29.6 Å². The second-order valence-electron chi connectivity index (χ2n) is 5.50. The summed E-state index contributed by atoms with van der Waals surface area (Å²) in [6, 6.07) is 4.38. The van der Waals surface area contributed by atoms with Gasteiger partial charge in [0.15, 0.2) is 0 Å². The quantitative estimate of drug-likeness (QED) is 0.722. The van der Waals surface area contributed by atoms with Gasteiger partial charge < -0.3 is 0 Å². The van der Waals surface area contributed by atoms with Crippen molar-refractivity contribution in [3.8, 4) is 0 Å². The van der Waals surface area contributed by atoms with Crippen molar-refractivity contribution in [2.45, 2.75) is 52.9 Å². The van der Waals surface area contributed by atoms with Gasteiger partial charge in [0.25, 0.3) is 0 Å². The Morgan fingerprint density at radius 2 is 1.67 bits per heavy atom. The summed E-state index contributed by atoms with van der Waals surface area (Å²) in [6.07, 6.45) is 2.04. The van der Waals surface area contributed by atoms with E-state index in [1.54, 1.807) is 0 Å². The highest BCUT2D eigenvalue weighted by atomic mass is 14.7. The molecule has 1 aromatic rings. The van der Waals surface area contributed by atoms with Crippen LogP contribution in [0.3, 0.4) is 0 Å². The average molecular weight is 205 g/mol. The van der Waals surface area contributed by atoms with Crippen LogP contribution in [0, 0.1) is 5.92 Å². The minimum atomic E-state index is 0.211. The molecule has 0 radical (unpaired) electrons. The molecule has 0 fully saturated rings. The zero-order valence-electron chi connectivity index (χ0n) is 10.8. The van der Waals surface area contributed by atoms with Crippen LogP contribution in [-0.2, 0) is 5.41 Å². The second-order valence-corrected chi connectivity index (χ2v) is 5.50. The molecule has 0 aliphatic heterocycles. The van der Waals surface area contributed by atoms with Gasteiger partial charge in [0.2, 0.25) is 0 Å². The molecule has 0 aromatic carbocycles. The summed E-state index contributed by atoms with van der Waals surface area (Å²) in [5.74, 6) is 1.14. The molecule has 1 aromatic heterocycles. The largest absolute Gasteiger partial charge is 0.261 e. The number of pyridine rings is 1. The van der Waals surface area contributed by atoms with Crippen LogP contribution in [0.15, 0.2) is 18.3 Å². The maximum atomic E-state index is 4.53. The average Bonchev–Trinajstić information content (AvgIpc) is 2.17. The van der Waals surface area contributed by atoms with Crippen LogP contribution < -0.4 is 0 Å². The molecule has 0 saturated heterocycles. The topological polar surface area (TPSA) is 12.9 Å². The van der Waals surface area contributed by atoms with E-state index < -0.39 is 0 Å². The lowest BCUT2D eigenvalue weighted by molar-refractivity contribution is 0.371. The van der Waals surface area contributed by atoms with Crippen molar-refractivity contribution in [1.29, 1.82) is 0 Å². The molecule has 0 N–H and O–H groups in total. The molecule has 0 aliphatic carbocycles. The third kappa shape index (κ3) is 2.58. The normalized spacial score (nSPS) is 12.5. The van der Waals surface area contributed by atoms with Crippen LogP contribution in [0.25, 0.3) is 0 Å². The van der Waals surface area contributed by atoms with Crippen LogP contribution in [-0.4, -0.2) is 4.98 Å². The molecule has 0 aliphatic rings. The molecule has 1 heteroatoms. The molecule has 0 saturated carbocycles. The number of rotatable bonds is 3. The Kier molecular flexibility index (Phi) is 3.54. The van der Waals surface area contributed by atoms with Gasteiger partial charge in [-0.25, -0.2) is 0 Å². The summed E-state index contributed by atoms with van der Waals surface area (Å²) in [7, 11) is 0. The summed E-state index contributed by atoms with van der Waals surface area (Å²) < 4.78 is 0. The Morgan fingerprint density at radius 3 is 2.00 bits per heavy atom. The molecule has 0 amide bonds. The maximum Gasteiger partial charge on any atom is 0.0429 e. The van der Waals surface area contributed by atoms with Gasteiger partial charge in [-0.1, -0.05) is 47.6 Å². The molecular formula is C14H23N. The summed E-state index contributed by atoms with van der Waals surface area (Å²) in [6.45, 7) is 13.4. The Bertz CT molecular complexity index is 307. The van der Waals surface area contributed by atoms with Crippen molar-refractivity contribution >= 4 is 0 Å². The molecule has 0 spiro atoms. The lowest BCUT2D eigenvalue weighted by Crippen LogP contribution is -2.24. The van der Waals surface area contributed by atoms with Gasteiger partial charge in [0.05, 0.1) is 0 Å². The highest BCUT2D eigenvalue weighted by Gasteiger charge is 2.24. The van der Waals surface area contributed by atoms with Crippen molar-refractivity contribution < 1.29 is 0 Å². The Morgan fingerprint density at radius 1 is 1.07 bits per heavy atom. The van der Waals surface area contributed by atoms with Gasteiger partial charge in [-0.15, -0.1) is 0 Å². The first-order valence-corrected chi connectivity index (χ1v) is 5.82. The number of nitrogens with zero attached hydrogens (tertiary/aromatic N) is 1. The summed E-state index contributed by atoms with van der Waals surface area (Å²) in [4.78, 5) is 4.53. The van der Waals surface area contributed by atoms with Crippen LogP contribution in [0.2, 0.25) is 0 Å². The second kappa shape index (κ2) is 4.34. The van der Waals surface area contributed by atoms with Crippen molar-refractivity contribution in [1.82, 2.24) is 4.98 Å². The standard InChI is InChI=1S/C14H23N/c1-10(2)13-8-7-12(9-15-13)14(5,6)11(3)4/h7-11H,1-6H3. The Labute approximate surface area is 93.9 Å². The zero-order valence-corrected chi connectivity index (χ0v) is 10.8. The van der Waals surface area contributed by atoms with Gasteiger partial charge in [-0.05, 0) is 28.9 Å². The van der Waals surface area contributed by atoms with Gasteiger partial charge in [0.1, 0.15) is 0 Å². The van der Waals surface area contributed by atoms with E-state index in [0.29, 0.717) is 11.8 Å². The SMILES string of the molecule is CC(C)c1ccc(C(C)(C)C(C)C)cn1. The Balaban J connectivity index is 2.98. The minimum absolute atomic E-state index is 0.211. The van der Waals surface area contributed by atoms with E-state index in [4.69, 9.17) is 0 Å². The highest BCUT2D eigenvalue weighted by molar-refractivity contribution is 5.23. The van der Waals surface area contributed by atoms with E-state index in [2.05, 4.69) is 58.7 Å². The zero-order chi connectivity index (χ0) is 11.6. The van der Waals surface area contributed by atoms with Crippen molar-refractivity contribution in [2.24, 2.45) is 5.92 Å². The van der Waals surface area contributed by atoms with Crippen molar-refractivity contribution in [3.63, 3.8) is 0 Å². The van der Waals surface area contributed by atoms with E-state index in [0.717, 1.165) is 0 Å². The van der Waals surface area contributed by atoms with E-state index in [9.17, 15) is 0 Å². The smallest absolute Gasteiger partial charge is 0.0429 e. The number of hydrogen-bond acceptors (Lipinski definition) is 1. The molecule has 1 rings (SSSR count). The van der Waals surface area contributed by atoms with Gasteiger partial charge >= 0.3 is 0 Å². The van der Waals surface area contributed by atoms with Crippen molar-refractivity contribution in [2.75, 3.05) is 0 Å². The third-order valence-corrected chi connectivity index (χ3v) is 3.57. The first-order valence-electron chi connectivity index (χ1n) is 5.82. The number of hydrogen-bond donors (Lipinski definition) is 0.